The maximum Gasteiger partial charge on any atom is 0.0412 e. The van der Waals surface area contributed by atoms with Crippen molar-refractivity contribution < 1.29 is 0 Å². The van der Waals surface area contributed by atoms with Gasteiger partial charge in [-0.1, -0.05) is 53.5 Å². The van der Waals surface area contributed by atoms with Crippen molar-refractivity contribution in [3.05, 3.63) is 69.2 Å². The lowest BCUT2D eigenvalue weighted by Gasteiger charge is -2.22. The molecular weight excluding hydrogens is 344 g/mol. The molecule has 4 rings (SSSR count). The lowest BCUT2D eigenvalue weighted by molar-refractivity contribution is 0.661. The molecule has 3 aromatic carbocycles. The molecule has 0 unspecified atom stereocenters. The Morgan fingerprint density at radius 2 is 1.57 bits per heavy atom. The second-order valence-corrected chi connectivity index (χ2v) is 7.56. The Bertz CT molecular complexity index is 893. The molecule has 3 aromatic rings. The van der Waals surface area contributed by atoms with Gasteiger partial charge in [-0.2, -0.15) is 0 Å². The second-order valence-electron chi connectivity index (χ2n) is 6.20. The second kappa shape index (κ2) is 4.34. The highest BCUT2D eigenvalue weighted by Crippen LogP contribution is 2.50. The molecule has 0 fully saturated rings. The SMILES string of the molecule is CC1(C)c2cc(Br)ccc2-c2cc3cc(Cl)ccc3cc21. The highest BCUT2D eigenvalue weighted by Gasteiger charge is 2.35. The summed E-state index contributed by atoms with van der Waals surface area (Å²) in [7, 11) is 0. The molecule has 0 nitrogen and oxygen atoms in total. The lowest BCUT2D eigenvalue weighted by Crippen LogP contribution is -2.14. The average Bonchev–Trinajstić information content (AvgIpc) is 2.65. The summed E-state index contributed by atoms with van der Waals surface area (Å²) in [6.45, 7) is 4.59. The predicted molar refractivity (Wildman–Crippen MR) is 94.2 cm³/mol. The van der Waals surface area contributed by atoms with Crippen molar-refractivity contribution >= 4 is 38.3 Å². The van der Waals surface area contributed by atoms with Gasteiger partial charge < -0.3 is 0 Å². The van der Waals surface area contributed by atoms with Crippen LogP contribution in [0.3, 0.4) is 0 Å². The number of halogens is 2. The van der Waals surface area contributed by atoms with Gasteiger partial charge in [-0.05, 0) is 69.4 Å². The molecule has 0 saturated heterocycles. The summed E-state index contributed by atoms with van der Waals surface area (Å²) in [6, 6.07) is 17.3. The molecule has 0 heterocycles. The molecule has 0 spiro atoms. The number of benzene rings is 3. The smallest absolute Gasteiger partial charge is 0.0412 e. The van der Waals surface area contributed by atoms with E-state index in [4.69, 9.17) is 11.6 Å². The predicted octanol–water partition coefficient (Wildman–Crippen LogP) is 6.56. The summed E-state index contributed by atoms with van der Waals surface area (Å²) < 4.78 is 1.13. The Balaban J connectivity index is 2.10. The van der Waals surface area contributed by atoms with E-state index in [1.54, 1.807) is 0 Å². The summed E-state index contributed by atoms with van der Waals surface area (Å²) in [5.41, 5.74) is 5.47. The van der Waals surface area contributed by atoms with Crippen molar-refractivity contribution in [2.24, 2.45) is 0 Å². The van der Waals surface area contributed by atoms with Gasteiger partial charge in [0.25, 0.3) is 0 Å². The summed E-state index contributed by atoms with van der Waals surface area (Å²) in [6.07, 6.45) is 0. The maximum absolute atomic E-state index is 6.14. The first-order valence-corrected chi connectivity index (χ1v) is 8.18. The third kappa shape index (κ3) is 1.88. The Hall–Kier alpha value is -1.31. The van der Waals surface area contributed by atoms with Gasteiger partial charge in [0.1, 0.15) is 0 Å². The minimum Gasteiger partial charge on any atom is -0.0843 e. The third-order valence-electron chi connectivity index (χ3n) is 4.56. The minimum absolute atomic E-state index is 0.0300. The molecule has 1 aliphatic carbocycles. The van der Waals surface area contributed by atoms with Crippen molar-refractivity contribution in [3.63, 3.8) is 0 Å². The van der Waals surface area contributed by atoms with E-state index in [2.05, 4.69) is 66.2 Å². The quantitative estimate of drug-likeness (QED) is 0.427. The first kappa shape index (κ1) is 13.4. The van der Waals surface area contributed by atoms with E-state index in [1.807, 2.05) is 12.1 Å². The van der Waals surface area contributed by atoms with Gasteiger partial charge in [0.15, 0.2) is 0 Å². The van der Waals surface area contributed by atoms with Crippen molar-refractivity contribution in [2.75, 3.05) is 0 Å². The van der Waals surface area contributed by atoms with E-state index in [0.717, 1.165) is 9.50 Å². The molecule has 21 heavy (non-hydrogen) atoms. The van der Waals surface area contributed by atoms with E-state index < -0.39 is 0 Å². The Morgan fingerprint density at radius 3 is 2.38 bits per heavy atom. The first-order chi connectivity index (χ1) is 9.96. The van der Waals surface area contributed by atoms with Gasteiger partial charge in [0.2, 0.25) is 0 Å². The molecule has 0 aromatic heterocycles. The van der Waals surface area contributed by atoms with Crippen molar-refractivity contribution in [2.45, 2.75) is 19.3 Å². The van der Waals surface area contributed by atoms with E-state index in [9.17, 15) is 0 Å². The van der Waals surface area contributed by atoms with Crippen LogP contribution >= 0.6 is 27.5 Å². The van der Waals surface area contributed by atoms with E-state index >= 15 is 0 Å². The topological polar surface area (TPSA) is 0 Å². The number of hydrogen-bond donors (Lipinski definition) is 0. The molecule has 0 amide bonds. The Labute approximate surface area is 137 Å². The molecule has 104 valence electrons. The molecular formula is C19H14BrCl. The summed E-state index contributed by atoms with van der Waals surface area (Å²) in [4.78, 5) is 0. The third-order valence-corrected chi connectivity index (χ3v) is 5.29. The average molecular weight is 358 g/mol. The molecule has 1 aliphatic rings. The highest BCUT2D eigenvalue weighted by molar-refractivity contribution is 9.10. The zero-order chi connectivity index (χ0) is 14.8. The van der Waals surface area contributed by atoms with Crippen LogP contribution in [0, 0.1) is 0 Å². The van der Waals surface area contributed by atoms with Gasteiger partial charge in [0, 0.05) is 14.9 Å². The number of hydrogen-bond acceptors (Lipinski definition) is 0. The molecule has 0 radical (unpaired) electrons. The molecule has 0 atom stereocenters. The van der Waals surface area contributed by atoms with Gasteiger partial charge in [0.05, 0.1) is 0 Å². The highest BCUT2D eigenvalue weighted by atomic mass is 79.9. The number of fused-ring (bicyclic) bond motifs is 4. The van der Waals surface area contributed by atoms with E-state index in [-0.39, 0.29) is 5.41 Å². The first-order valence-electron chi connectivity index (χ1n) is 7.01. The van der Waals surface area contributed by atoms with Gasteiger partial charge >= 0.3 is 0 Å². The Morgan fingerprint density at radius 1 is 0.810 bits per heavy atom. The molecule has 0 N–H and O–H groups in total. The van der Waals surface area contributed by atoms with Crippen LogP contribution in [0.15, 0.2) is 53.0 Å². The van der Waals surface area contributed by atoms with Gasteiger partial charge in [-0.15, -0.1) is 0 Å². The van der Waals surface area contributed by atoms with Crippen LogP contribution in [0.1, 0.15) is 25.0 Å². The van der Waals surface area contributed by atoms with Crippen molar-refractivity contribution in [1.29, 1.82) is 0 Å². The van der Waals surface area contributed by atoms with Crippen LogP contribution in [-0.4, -0.2) is 0 Å². The maximum atomic E-state index is 6.14. The van der Waals surface area contributed by atoms with Crippen molar-refractivity contribution in [3.8, 4) is 11.1 Å². The van der Waals surface area contributed by atoms with Gasteiger partial charge in [-0.3, -0.25) is 0 Å². The Kier molecular flexibility index (Phi) is 2.76. The largest absolute Gasteiger partial charge is 0.0843 e. The standard InChI is InChI=1S/C19H14BrCl/c1-19(2)17-9-11-3-5-14(21)7-12(11)8-16(17)15-6-4-13(20)10-18(15)19/h3-10H,1-2H3. The van der Waals surface area contributed by atoms with E-state index in [1.165, 1.54) is 33.0 Å². The van der Waals surface area contributed by atoms with Crippen LogP contribution in [0.5, 0.6) is 0 Å². The zero-order valence-corrected chi connectivity index (χ0v) is 14.2. The monoisotopic (exact) mass is 356 g/mol. The molecule has 0 bridgehead atoms. The van der Waals surface area contributed by atoms with Crippen LogP contribution in [0.25, 0.3) is 21.9 Å². The van der Waals surface area contributed by atoms with E-state index in [0.29, 0.717) is 0 Å². The summed E-state index contributed by atoms with van der Waals surface area (Å²) in [5.74, 6) is 0. The normalized spacial score (nSPS) is 15.0. The van der Waals surface area contributed by atoms with Crippen molar-refractivity contribution in [1.82, 2.24) is 0 Å². The fraction of sp³-hybridized carbons (Fsp3) is 0.158. The van der Waals surface area contributed by atoms with Crippen LogP contribution in [0.4, 0.5) is 0 Å². The fourth-order valence-electron chi connectivity index (χ4n) is 3.42. The number of rotatable bonds is 0. The van der Waals surface area contributed by atoms with Gasteiger partial charge in [-0.25, -0.2) is 0 Å². The summed E-state index contributed by atoms with van der Waals surface area (Å²) >= 11 is 9.74. The van der Waals surface area contributed by atoms with Crippen LogP contribution in [-0.2, 0) is 5.41 Å². The summed E-state index contributed by atoms with van der Waals surface area (Å²) in [5, 5.41) is 3.24. The molecule has 0 aliphatic heterocycles. The molecule has 2 heteroatoms. The van der Waals surface area contributed by atoms with Crippen LogP contribution in [0.2, 0.25) is 5.02 Å². The molecule has 0 saturated carbocycles. The minimum atomic E-state index is 0.0300. The fourth-order valence-corrected chi connectivity index (χ4v) is 3.96. The zero-order valence-electron chi connectivity index (χ0n) is 11.9. The lowest BCUT2D eigenvalue weighted by atomic mass is 9.82. The van der Waals surface area contributed by atoms with Crippen LogP contribution < -0.4 is 0 Å².